The molecule has 0 amide bonds. The molecule has 0 atom stereocenters. The number of nitrogens with zero attached hydrogens (tertiary/aromatic N) is 1. The van der Waals surface area contributed by atoms with Crippen molar-refractivity contribution in [2.24, 2.45) is 0 Å². The van der Waals surface area contributed by atoms with E-state index in [-0.39, 0.29) is 0 Å². The average Bonchev–Trinajstić information content (AvgIpc) is 2.39. The number of pyridine rings is 1. The lowest BCUT2D eigenvalue weighted by molar-refractivity contribution is 0.718. The van der Waals surface area contributed by atoms with Crippen LogP contribution < -0.4 is 5.32 Å². The van der Waals surface area contributed by atoms with Gasteiger partial charge >= 0.3 is 0 Å². The van der Waals surface area contributed by atoms with Crippen molar-refractivity contribution in [3.63, 3.8) is 0 Å². The number of aromatic nitrogens is 1. The van der Waals surface area contributed by atoms with Gasteiger partial charge in [0, 0.05) is 33.2 Å². The van der Waals surface area contributed by atoms with Crippen molar-refractivity contribution in [3.8, 4) is 0 Å². The van der Waals surface area contributed by atoms with E-state index in [2.05, 4.69) is 51.4 Å². The molecular formula is C14H15BrN2S. The summed E-state index contributed by atoms with van der Waals surface area (Å²) >= 11 is 5.30. The fourth-order valence-corrected chi connectivity index (χ4v) is 3.04. The second-order valence-electron chi connectivity index (χ2n) is 3.82. The van der Waals surface area contributed by atoms with E-state index in [9.17, 15) is 0 Å². The Morgan fingerprint density at radius 1 is 1.22 bits per heavy atom. The van der Waals surface area contributed by atoms with E-state index in [0.717, 1.165) is 17.6 Å². The van der Waals surface area contributed by atoms with E-state index in [1.54, 1.807) is 11.8 Å². The molecule has 0 unspecified atom stereocenters. The van der Waals surface area contributed by atoms with Crippen LogP contribution in [0.5, 0.6) is 0 Å². The second-order valence-corrected chi connectivity index (χ2v) is 5.85. The molecule has 0 spiro atoms. The maximum Gasteiger partial charge on any atom is 0.0279 e. The molecule has 2 aromatic rings. The Bertz CT molecular complexity index is 502. The van der Waals surface area contributed by atoms with Crippen LogP contribution in [0.4, 0.5) is 0 Å². The third-order valence-corrected chi connectivity index (χ3v) is 4.07. The van der Waals surface area contributed by atoms with Crippen molar-refractivity contribution in [2.75, 3.05) is 6.54 Å². The smallest absolute Gasteiger partial charge is 0.0279 e. The molecule has 0 aliphatic rings. The van der Waals surface area contributed by atoms with Gasteiger partial charge in [0.05, 0.1) is 0 Å². The predicted molar refractivity (Wildman–Crippen MR) is 79.9 cm³/mol. The fraction of sp³-hybridized carbons (Fsp3) is 0.214. The van der Waals surface area contributed by atoms with Crippen LogP contribution in [0.3, 0.4) is 0 Å². The number of hydrogen-bond acceptors (Lipinski definition) is 3. The highest BCUT2D eigenvalue weighted by atomic mass is 79.9. The van der Waals surface area contributed by atoms with Gasteiger partial charge in [0.2, 0.25) is 0 Å². The number of hydrogen-bond donors (Lipinski definition) is 1. The Hall–Kier alpha value is -0.840. The van der Waals surface area contributed by atoms with E-state index in [4.69, 9.17) is 0 Å². The first-order chi connectivity index (χ1) is 8.79. The minimum Gasteiger partial charge on any atom is -0.313 e. The molecule has 1 N–H and O–H groups in total. The average molecular weight is 323 g/mol. The lowest BCUT2D eigenvalue weighted by Crippen LogP contribution is -2.12. The largest absolute Gasteiger partial charge is 0.313 e. The molecule has 4 heteroatoms. The van der Waals surface area contributed by atoms with Gasteiger partial charge in [0.25, 0.3) is 0 Å². The van der Waals surface area contributed by atoms with Crippen molar-refractivity contribution in [3.05, 3.63) is 52.8 Å². The SMILES string of the molecule is CCNCc1ccc(Br)cc1Sc1ccncc1. The summed E-state index contributed by atoms with van der Waals surface area (Å²) in [5, 5.41) is 3.37. The van der Waals surface area contributed by atoms with Crippen LogP contribution in [-0.4, -0.2) is 11.5 Å². The van der Waals surface area contributed by atoms with Gasteiger partial charge in [-0.2, -0.15) is 0 Å². The predicted octanol–water partition coefficient (Wildman–Crippen LogP) is 4.10. The second kappa shape index (κ2) is 6.92. The molecule has 0 saturated carbocycles. The molecule has 0 saturated heterocycles. The Morgan fingerprint density at radius 3 is 2.72 bits per heavy atom. The summed E-state index contributed by atoms with van der Waals surface area (Å²) in [4.78, 5) is 6.53. The molecule has 2 nitrogen and oxygen atoms in total. The van der Waals surface area contributed by atoms with Gasteiger partial charge in [0.1, 0.15) is 0 Å². The van der Waals surface area contributed by atoms with E-state index in [1.807, 2.05) is 24.5 Å². The van der Waals surface area contributed by atoms with Crippen molar-refractivity contribution in [1.82, 2.24) is 10.3 Å². The van der Waals surface area contributed by atoms with Crippen molar-refractivity contribution >= 4 is 27.7 Å². The zero-order valence-electron chi connectivity index (χ0n) is 10.2. The molecule has 2 rings (SSSR count). The van der Waals surface area contributed by atoms with Crippen LogP contribution in [0.15, 0.2) is 57.0 Å². The Labute approximate surface area is 120 Å². The maximum atomic E-state index is 4.04. The molecule has 18 heavy (non-hydrogen) atoms. The van der Waals surface area contributed by atoms with Gasteiger partial charge in [-0.3, -0.25) is 4.98 Å². The summed E-state index contributed by atoms with van der Waals surface area (Å²) in [6.45, 7) is 4.00. The van der Waals surface area contributed by atoms with Gasteiger partial charge in [-0.05, 0) is 36.4 Å². The minimum absolute atomic E-state index is 0.900. The van der Waals surface area contributed by atoms with Gasteiger partial charge in [-0.1, -0.05) is 40.7 Å². The van der Waals surface area contributed by atoms with Crippen molar-refractivity contribution in [2.45, 2.75) is 23.3 Å². The van der Waals surface area contributed by atoms with Gasteiger partial charge < -0.3 is 5.32 Å². The number of rotatable bonds is 5. The minimum atomic E-state index is 0.900. The molecule has 0 radical (unpaired) electrons. The summed E-state index contributed by atoms with van der Waals surface area (Å²) in [6.07, 6.45) is 3.65. The zero-order valence-corrected chi connectivity index (χ0v) is 12.6. The summed E-state index contributed by atoms with van der Waals surface area (Å²) in [7, 11) is 0. The number of halogens is 1. The quantitative estimate of drug-likeness (QED) is 0.896. The highest BCUT2D eigenvalue weighted by Gasteiger charge is 2.05. The molecule has 0 fully saturated rings. The van der Waals surface area contributed by atoms with E-state index in [1.165, 1.54) is 15.4 Å². The van der Waals surface area contributed by atoms with Crippen LogP contribution >= 0.6 is 27.7 Å². The molecule has 1 aromatic carbocycles. The van der Waals surface area contributed by atoms with E-state index in [0.29, 0.717) is 0 Å². The zero-order chi connectivity index (χ0) is 12.8. The topological polar surface area (TPSA) is 24.9 Å². The van der Waals surface area contributed by atoms with Gasteiger partial charge in [-0.15, -0.1) is 0 Å². The van der Waals surface area contributed by atoms with Gasteiger partial charge in [0.15, 0.2) is 0 Å². The number of benzene rings is 1. The third-order valence-electron chi connectivity index (χ3n) is 2.47. The normalized spacial score (nSPS) is 10.6. The third kappa shape index (κ3) is 3.83. The first kappa shape index (κ1) is 13.6. The van der Waals surface area contributed by atoms with Crippen LogP contribution in [-0.2, 0) is 6.54 Å². The first-order valence-electron chi connectivity index (χ1n) is 5.86. The molecule has 0 aliphatic heterocycles. The van der Waals surface area contributed by atoms with Crippen LogP contribution in [0.25, 0.3) is 0 Å². The lowest BCUT2D eigenvalue weighted by Gasteiger charge is -2.10. The van der Waals surface area contributed by atoms with Crippen LogP contribution in [0, 0.1) is 0 Å². The maximum absolute atomic E-state index is 4.04. The highest BCUT2D eigenvalue weighted by Crippen LogP contribution is 2.32. The summed E-state index contributed by atoms with van der Waals surface area (Å²) in [5.74, 6) is 0. The molecule has 0 aliphatic carbocycles. The molecule has 0 bridgehead atoms. The Kier molecular flexibility index (Phi) is 5.23. The summed E-state index contributed by atoms with van der Waals surface area (Å²) in [6, 6.07) is 10.5. The van der Waals surface area contributed by atoms with Gasteiger partial charge in [-0.25, -0.2) is 0 Å². The van der Waals surface area contributed by atoms with Crippen LogP contribution in [0.2, 0.25) is 0 Å². The monoisotopic (exact) mass is 322 g/mol. The molecule has 1 aromatic heterocycles. The van der Waals surface area contributed by atoms with Crippen molar-refractivity contribution in [1.29, 1.82) is 0 Å². The molecule has 1 heterocycles. The number of nitrogens with one attached hydrogen (secondary N) is 1. The highest BCUT2D eigenvalue weighted by molar-refractivity contribution is 9.10. The fourth-order valence-electron chi connectivity index (χ4n) is 1.56. The first-order valence-corrected chi connectivity index (χ1v) is 7.47. The lowest BCUT2D eigenvalue weighted by atomic mass is 10.2. The summed E-state index contributed by atoms with van der Waals surface area (Å²) in [5.41, 5.74) is 1.32. The van der Waals surface area contributed by atoms with Crippen LogP contribution in [0.1, 0.15) is 12.5 Å². The molecular weight excluding hydrogens is 308 g/mol. The summed E-state index contributed by atoms with van der Waals surface area (Å²) < 4.78 is 1.11. The molecule has 94 valence electrons. The Balaban J connectivity index is 2.22. The van der Waals surface area contributed by atoms with E-state index >= 15 is 0 Å². The van der Waals surface area contributed by atoms with E-state index < -0.39 is 0 Å². The van der Waals surface area contributed by atoms with Crippen molar-refractivity contribution < 1.29 is 0 Å². The standard InChI is InChI=1S/C14H15BrN2S/c1-2-16-10-11-3-4-12(15)9-14(11)18-13-5-7-17-8-6-13/h3-9,16H,2,10H2,1H3. The Morgan fingerprint density at radius 2 is 2.00 bits per heavy atom.